The van der Waals surface area contributed by atoms with Gasteiger partial charge in [0.15, 0.2) is 5.82 Å². The number of H-pyrrole nitrogens is 1. The Bertz CT molecular complexity index is 3830. The zero-order chi connectivity index (χ0) is 66.9. The molecule has 4 N–H and O–H groups in total. The normalized spacial score (nSPS) is 19.6. The number of benzene rings is 3. The number of anilines is 2. The molecule has 4 aliphatic heterocycles. The van der Waals surface area contributed by atoms with Crippen LogP contribution in [0.25, 0.3) is 32.6 Å². The number of aromatic nitrogens is 3. The number of rotatable bonds is 24. The number of carbonyl (C=O) groups is 5. The van der Waals surface area contributed by atoms with E-state index < -0.39 is 110 Å². The first-order chi connectivity index (χ1) is 44.0. The molecule has 0 spiro atoms. The molecule has 21 nitrogen and oxygen atoms in total. The summed E-state index contributed by atoms with van der Waals surface area (Å²) >= 11 is 1.55. The number of carbonyl (C=O) groups excluding carboxylic acids is 5. The number of alkyl halides is 1. The number of amides is 3. The van der Waals surface area contributed by atoms with Gasteiger partial charge in [0.05, 0.1) is 64.1 Å². The number of fused-ring (bicyclic) bond motifs is 1. The third-order valence-corrected chi connectivity index (χ3v) is 21.0. The average molecular weight is 1320 g/mol. The lowest BCUT2D eigenvalue weighted by Gasteiger charge is -2.48. The predicted molar refractivity (Wildman–Crippen MR) is 349 cm³/mol. The highest BCUT2D eigenvalue weighted by molar-refractivity contribution is 7.90. The molecule has 0 aliphatic carbocycles. The fourth-order valence-corrected chi connectivity index (χ4v) is 14.2. The number of pyridine rings is 1. The van der Waals surface area contributed by atoms with E-state index in [-0.39, 0.29) is 56.5 Å². The SMILES string of the molecule is COC(C)(C)CCOC(C)(C)C(C)C(=O)O[C@@H]1C[C@@H](C(=O)NCc2ccc(-c3scnc3C)cc2)N(C(=O)[C@@H](NC(=O)CN2CC(N3CCN(c4ccc(-c5cnc6[nH]cc(C(=O)c7c(F)ccc(NS(=O)(=O)N8CC[C@@H](F)C8)c7F)c6c5)cc4)CC3)C2)C(C)(C)C)C1. The molecule has 3 amide bonds. The van der Waals surface area contributed by atoms with Gasteiger partial charge in [0.25, 0.3) is 0 Å². The molecule has 4 saturated heterocycles. The van der Waals surface area contributed by atoms with Gasteiger partial charge in [-0.15, -0.1) is 11.3 Å². The fourth-order valence-electron chi connectivity index (χ4n) is 12.1. The smallest absolute Gasteiger partial charge is 0.311 e. The molecule has 5 atom stereocenters. The van der Waals surface area contributed by atoms with Gasteiger partial charge < -0.3 is 39.6 Å². The Balaban J connectivity index is 0.728. The Hall–Kier alpha value is -7.33. The summed E-state index contributed by atoms with van der Waals surface area (Å²) in [5.41, 5.74) is 3.53. The van der Waals surface area contributed by atoms with Crippen LogP contribution in [-0.2, 0) is 50.1 Å². The lowest BCUT2D eigenvalue weighted by molar-refractivity contribution is -0.166. The van der Waals surface area contributed by atoms with Gasteiger partial charge in [-0.2, -0.15) is 12.7 Å². The number of thiazole rings is 1. The second-order valence-electron chi connectivity index (χ2n) is 26.9. The third-order valence-electron chi connectivity index (χ3n) is 18.6. The van der Waals surface area contributed by atoms with Crippen molar-refractivity contribution in [1.29, 1.82) is 0 Å². The van der Waals surface area contributed by atoms with Crippen LogP contribution < -0.4 is 20.3 Å². The van der Waals surface area contributed by atoms with Crippen molar-refractivity contribution in [2.24, 2.45) is 11.3 Å². The van der Waals surface area contributed by atoms with Gasteiger partial charge in [0.1, 0.15) is 35.8 Å². The molecule has 500 valence electrons. The molecule has 4 aliphatic rings. The minimum atomic E-state index is -4.39. The maximum atomic E-state index is 15.9. The number of ether oxygens (including phenoxy) is 3. The summed E-state index contributed by atoms with van der Waals surface area (Å²) < 4.78 is 91.6. The summed E-state index contributed by atoms with van der Waals surface area (Å²) in [6, 6.07) is 17.3. The largest absolute Gasteiger partial charge is 0.460 e. The topological polar surface area (TPSA) is 241 Å². The molecule has 3 aromatic carbocycles. The lowest BCUT2D eigenvalue weighted by atomic mass is 9.85. The summed E-state index contributed by atoms with van der Waals surface area (Å²) in [6.07, 6.45) is 1.38. The lowest BCUT2D eigenvalue weighted by Crippen LogP contribution is -2.65. The molecule has 6 aromatic rings. The molecule has 26 heteroatoms. The van der Waals surface area contributed by atoms with Gasteiger partial charge in [-0.3, -0.25) is 38.5 Å². The summed E-state index contributed by atoms with van der Waals surface area (Å²) in [6.45, 7) is 21.3. The van der Waals surface area contributed by atoms with Crippen LogP contribution in [0.2, 0.25) is 0 Å². The molecule has 0 radical (unpaired) electrons. The highest BCUT2D eigenvalue weighted by Gasteiger charge is 2.48. The van der Waals surface area contributed by atoms with Crippen molar-refractivity contribution in [3.63, 3.8) is 0 Å². The van der Waals surface area contributed by atoms with Crippen molar-refractivity contribution < 1.29 is 59.8 Å². The molecule has 10 rings (SSSR count). The number of halogens is 3. The number of nitrogens with zero attached hydrogens (tertiary/aromatic N) is 7. The van der Waals surface area contributed by atoms with Crippen LogP contribution in [-0.4, -0.2) is 193 Å². The van der Waals surface area contributed by atoms with Gasteiger partial charge in [0.2, 0.25) is 23.5 Å². The Labute approximate surface area is 545 Å². The molecule has 1 unspecified atom stereocenters. The summed E-state index contributed by atoms with van der Waals surface area (Å²) in [5, 5.41) is 6.36. The number of aromatic amines is 1. The van der Waals surface area contributed by atoms with E-state index in [1.807, 2.05) is 114 Å². The number of methoxy groups -OCH3 is 1. The first kappa shape index (κ1) is 68.5. The van der Waals surface area contributed by atoms with Crippen molar-refractivity contribution in [3.8, 4) is 21.6 Å². The number of ketones is 1. The van der Waals surface area contributed by atoms with Crippen molar-refractivity contribution in [2.45, 2.75) is 130 Å². The second kappa shape index (κ2) is 27.9. The predicted octanol–water partition coefficient (Wildman–Crippen LogP) is 8.28. The standard InChI is InChI=1S/C67H84F3N11O10S2/c1-40(67(8,9)90-28-22-66(6,7)89-10)64(86)91-49-30-54(62(84)73-31-42-11-13-44(14-12-42)59-41(2)74-39-92-59)81(37-49)63(85)60(65(3,4)5)75-55(82)38-77-35-48(36-77)79-26-24-78(25-27-79)47-17-15-43(16-18-47)45-29-50-51(33-72-61(50)71-32-45)58(83)56-52(69)19-20-53(57(56)70)76-93(87,88)80-23-21-46(68)34-80/h11-20,29,32-33,39-40,46,48-49,54,60,76H,21-28,30-31,34-38H2,1-10H3,(H,71,72)(H,73,84)(H,75,82)/t40?,46-,49-,54+,60-/m1/s1. The quantitative estimate of drug-likeness (QED) is 0.0329. The number of hydrogen-bond acceptors (Lipinski definition) is 16. The van der Waals surface area contributed by atoms with E-state index in [4.69, 9.17) is 14.2 Å². The number of likely N-dealkylation sites (tertiary alicyclic amines) is 2. The Morgan fingerprint density at radius 2 is 1.56 bits per heavy atom. The van der Waals surface area contributed by atoms with E-state index in [0.717, 1.165) is 75.6 Å². The summed E-state index contributed by atoms with van der Waals surface area (Å²) in [4.78, 5) is 92.0. The maximum absolute atomic E-state index is 15.9. The van der Waals surface area contributed by atoms with Crippen molar-refractivity contribution in [3.05, 3.63) is 119 Å². The minimum absolute atomic E-state index is 0.0154. The number of aryl methyl sites for hydroxylation is 1. The third kappa shape index (κ3) is 15.8. The Morgan fingerprint density at radius 1 is 0.860 bits per heavy atom. The van der Waals surface area contributed by atoms with Crippen molar-refractivity contribution >= 4 is 73.4 Å². The van der Waals surface area contributed by atoms with Crippen LogP contribution in [0.1, 0.15) is 102 Å². The van der Waals surface area contributed by atoms with Crippen LogP contribution in [0, 0.1) is 29.9 Å². The van der Waals surface area contributed by atoms with Gasteiger partial charge >= 0.3 is 16.2 Å². The molecule has 0 bridgehead atoms. The molecular formula is C67H84F3N11O10S2. The molecule has 93 heavy (non-hydrogen) atoms. The highest BCUT2D eigenvalue weighted by atomic mass is 32.2. The Kier molecular flexibility index (Phi) is 20.6. The van der Waals surface area contributed by atoms with E-state index in [1.54, 1.807) is 43.1 Å². The zero-order valence-electron chi connectivity index (χ0n) is 54.3. The first-order valence-electron chi connectivity index (χ1n) is 31.5. The molecule has 0 saturated carbocycles. The maximum Gasteiger partial charge on any atom is 0.311 e. The van der Waals surface area contributed by atoms with E-state index in [0.29, 0.717) is 42.7 Å². The summed E-state index contributed by atoms with van der Waals surface area (Å²) in [5.74, 6) is -6.03. The number of nitrogens with one attached hydrogen (secondary N) is 4. The van der Waals surface area contributed by atoms with Crippen molar-refractivity contribution in [2.75, 3.05) is 88.8 Å². The number of piperazine rings is 1. The molecule has 3 aromatic heterocycles. The monoisotopic (exact) mass is 1320 g/mol. The number of esters is 1. The Morgan fingerprint density at radius 3 is 2.20 bits per heavy atom. The van der Waals surface area contributed by atoms with Crippen LogP contribution in [0.3, 0.4) is 0 Å². The summed E-state index contributed by atoms with van der Waals surface area (Å²) in [7, 11) is -2.75. The minimum Gasteiger partial charge on any atom is -0.460 e. The van der Waals surface area contributed by atoms with E-state index in [1.165, 1.54) is 11.1 Å². The van der Waals surface area contributed by atoms with Crippen LogP contribution in [0.4, 0.5) is 24.5 Å². The average Bonchev–Trinajstić information content (AvgIpc) is 1.92. The first-order valence-corrected chi connectivity index (χ1v) is 33.8. The molecule has 4 fully saturated rings. The van der Waals surface area contributed by atoms with Gasteiger partial charge in [-0.1, -0.05) is 57.2 Å². The van der Waals surface area contributed by atoms with Gasteiger partial charge in [-0.25, -0.2) is 23.1 Å². The van der Waals surface area contributed by atoms with E-state index in [2.05, 4.69) is 35.4 Å². The van der Waals surface area contributed by atoms with Crippen molar-refractivity contribution in [1.82, 2.24) is 44.6 Å². The second-order valence-corrected chi connectivity index (χ2v) is 29.5. The number of hydrogen-bond donors (Lipinski definition) is 4. The van der Waals surface area contributed by atoms with E-state index >= 15 is 8.78 Å². The molecule has 7 heterocycles. The van der Waals surface area contributed by atoms with E-state index in [9.17, 15) is 36.8 Å². The highest BCUT2D eigenvalue weighted by Crippen LogP contribution is 2.35. The molecular weight excluding hydrogens is 1240 g/mol. The van der Waals surface area contributed by atoms with Crippen LogP contribution in [0.15, 0.2) is 84.6 Å². The van der Waals surface area contributed by atoms with Gasteiger partial charge in [-0.05, 0) is 107 Å². The fraction of sp³-hybridized carbons (Fsp3) is 0.507. The van der Waals surface area contributed by atoms with Crippen LogP contribution >= 0.6 is 11.3 Å². The van der Waals surface area contributed by atoms with Gasteiger partial charge in [0, 0.05) is 113 Å². The zero-order valence-corrected chi connectivity index (χ0v) is 55.9. The van der Waals surface area contributed by atoms with Crippen LogP contribution in [0.5, 0.6) is 0 Å².